The van der Waals surface area contributed by atoms with Gasteiger partial charge in [-0.15, -0.1) is 0 Å². The predicted octanol–water partition coefficient (Wildman–Crippen LogP) is 2.18. The third-order valence-corrected chi connectivity index (χ3v) is 2.63. The van der Waals surface area contributed by atoms with Gasteiger partial charge in [0.15, 0.2) is 5.75 Å². The van der Waals surface area contributed by atoms with Crippen LogP contribution < -0.4 is 19.9 Å². The Balaban J connectivity index is 2.37. The largest absolute Gasteiger partial charge is 0.496 e. The Kier molecular flexibility index (Phi) is 4.05. The number of nitrogens with zero attached hydrogens (tertiary/aromatic N) is 1. The fraction of sp³-hybridized carbons (Fsp3) is 0.143. The molecule has 0 fully saturated rings. The minimum Gasteiger partial charge on any atom is -0.496 e. The van der Waals surface area contributed by atoms with Gasteiger partial charge in [-0.2, -0.15) is 0 Å². The number of nitrogens with two attached hydrogens (primary N) is 1. The summed E-state index contributed by atoms with van der Waals surface area (Å²) >= 11 is 0. The van der Waals surface area contributed by atoms with E-state index in [0.717, 1.165) is 0 Å². The van der Waals surface area contributed by atoms with Crippen LogP contribution in [-0.2, 0) is 0 Å². The molecular weight excluding hydrogens is 258 g/mol. The monoisotopic (exact) mass is 273 g/mol. The topological polar surface area (TPSA) is 90.5 Å². The number of rotatable bonds is 5. The van der Waals surface area contributed by atoms with E-state index in [1.54, 1.807) is 44.7 Å². The summed E-state index contributed by atoms with van der Waals surface area (Å²) in [7, 11) is 3.12. The van der Waals surface area contributed by atoms with Crippen LogP contribution in [0.1, 0.15) is 5.56 Å². The van der Waals surface area contributed by atoms with Crippen molar-refractivity contribution < 1.29 is 14.2 Å². The number of ether oxygens (including phenoxy) is 3. The number of amidine groups is 1. The standard InChI is InChI=1S/C14H15N3O3/c1-18-9-5-10(19-2)7-11(6-9)20-13-8-17-4-3-12(13)14(15)16/h3-8H,1-2H3,(H3,15,16). The Hall–Kier alpha value is -2.76. The number of hydrogen-bond donors (Lipinski definition) is 2. The Morgan fingerprint density at radius 3 is 2.25 bits per heavy atom. The number of pyridine rings is 1. The molecule has 1 aromatic carbocycles. The van der Waals surface area contributed by atoms with E-state index in [4.69, 9.17) is 25.4 Å². The maximum atomic E-state index is 7.52. The lowest BCUT2D eigenvalue weighted by Crippen LogP contribution is -2.12. The van der Waals surface area contributed by atoms with E-state index in [0.29, 0.717) is 28.6 Å². The molecule has 1 heterocycles. The van der Waals surface area contributed by atoms with Gasteiger partial charge in [-0.05, 0) is 6.07 Å². The first kappa shape index (κ1) is 13.7. The van der Waals surface area contributed by atoms with Gasteiger partial charge in [-0.3, -0.25) is 10.4 Å². The van der Waals surface area contributed by atoms with Crippen LogP contribution in [-0.4, -0.2) is 25.0 Å². The average Bonchev–Trinajstić information content (AvgIpc) is 2.47. The molecule has 0 amide bonds. The van der Waals surface area contributed by atoms with Crippen LogP contribution in [0.25, 0.3) is 0 Å². The molecule has 2 rings (SSSR count). The van der Waals surface area contributed by atoms with Crippen molar-refractivity contribution in [3.05, 3.63) is 42.2 Å². The van der Waals surface area contributed by atoms with Gasteiger partial charge in [0.1, 0.15) is 23.1 Å². The first-order valence-corrected chi connectivity index (χ1v) is 5.83. The van der Waals surface area contributed by atoms with Crippen molar-refractivity contribution in [2.24, 2.45) is 5.73 Å². The molecule has 0 saturated carbocycles. The second kappa shape index (κ2) is 5.92. The summed E-state index contributed by atoms with van der Waals surface area (Å²) in [6.07, 6.45) is 3.05. The fourth-order valence-electron chi connectivity index (χ4n) is 1.65. The van der Waals surface area contributed by atoms with Crippen LogP contribution in [0, 0.1) is 5.41 Å². The smallest absolute Gasteiger partial charge is 0.156 e. The zero-order chi connectivity index (χ0) is 14.5. The van der Waals surface area contributed by atoms with Gasteiger partial charge >= 0.3 is 0 Å². The summed E-state index contributed by atoms with van der Waals surface area (Å²) in [5.41, 5.74) is 5.98. The minimum absolute atomic E-state index is 0.0859. The lowest BCUT2D eigenvalue weighted by molar-refractivity contribution is 0.386. The van der Waals surface area contributed by atoms with Crippen molar-refractivity contribution in [1.29, 1.82) is 5.41 Å². The third-order valence-electron chi connectivity index (χ3n) is 2.63. The molecule has 0 saturated heterocycles. The fourth-order valence-corrected chi connectivity index (χ4v) is 1.65. The van der Waals surface area contributed by atoms with Gasteiger partial charge in [0.25, 0.3) is 0 Å². The van der Waals surface area contributed by atoms with E-state index < -0.39 is 0 Å². The molecule has 0 unspecified atom stereocenters. The van der Waals surface area contributed by atoms with Crippen molar-refractivity contribution in [3.63, 3.8) is 0 Å². The molecule has 3 N–H and O–H groups in total. The summed E-state index contributed by atoms with van der Waals surface area (Å²) in [6.45, 7) is 0. The summed E-state index contributed by atoms with van der Waals surface area (Å²) in [5.74, 6) is 2.03. The zero-order valence-corrected chi connectivity index (χ0v) is 11.2. The highest BCUT2D eigenvalue weighted by molar-refractivity contribution is 5.97. The van der Waals surface area contributed by atoms with E-state index in [2.05, 4.69) is 4.98 Å². The predicted molar refractivity (Wildman–Crippen MR) is 74.9 cm³/mol. The number of hydrogen-bond acceptors (Lipinski definition) is 5. The van der Waals surface area contributed by atoms with Gasteiger partial charge < -0.3 is 19.9 Å². The molecule has 0 aliphatic carbocycles. The third kappa shape index (κ3) is 2.97. The maximum Gasteiger partial charge on any atom is 0.156 e. The van der Waals surface area contributed by atoms with Crippen LogP contribution >= 0.6 is 0 Å². The van der Waals surface area contributed by atoms with Crippen LogP contribution in [0.5, 0.6) is 23.0 Å². The minimum atomic E-state index is -0.0859. The molecule has 2 aromatic rings. The van der Waals surface area contributed by atoms with Crippen molar-refractivity contribution in [2.75, 3.05) is 14.2 Å². The summed E-state index contributed by atoms with van der Waals surface area (Å²) in [5, 5.41) is 7.52. The second-order valence-corrected chi connectivity index (χ2v) is 3.94. The molecule has 104 valence electrons. The number of aromatic nitrogens is 1. The maximum absolute atomic E-state index is 7.52. The molecule has 0 bridgehead atoms. The van der Waals surface area contributed by atoms with E-state index in [1.165, 1.54) is 6.20 Å². The van der Waals surface area contributed by atoms with Gasteiger partial charge in [0.2, 0.25) is 0 Å². The van der Waals surface area contributed by atoms with Crippen LogP contribution in [0.4, 0.5) is 0 Å². The molecule has 0 radical (unpaired) electrons. The first-order chi connectivity index (χ1) is 9.63. The Labute approximate surface area is 116 Å². The van der Waals surface area contributed by atoms with Crippen molar-refractivity contribution >= 4 is 5.84 Å². The van der Waals surface area contributed by atoms with Gasteiger partial charge in [-0.1, -0.05) is 0 Å². The van der Waals surface area contributed by atoms with E-state index >= 15 is 0 Å². The number of benzene rings is 1. The van der Waals surface area contributed by atoms with Crippen LogP contribution in [0.15, 0.2) is 36.7 Å². The molecule has 0 aliphatic rings. The molecule has 6 heteroatoms. The molecule has 0 atom stereocenters. The van der Waals surface area contributed by atoms with Crippen LogP contribution in [0.2, 0.25) is 0 Å². The molecule has 0 aliphatic heterocycles. The summed E-state index contributed by atoms with van der Waals surface area (Å²) in [4.78, 5) is 3.97. The quantitative estimate of drug-likeness (QED) is 0.643. The van der Waals surface area contributed by atoms with Crippen molar-refractivity contribution in [3.8, 4) is 23.0 Å². The van der Waals surface area contributed by atoms with E-state index in [-0.39, 0.29) is 5.84 Å². The lowest BCUT2D eigenvalue weighted by atomic mass is 10.2. The van der Waals surface area contributed by atoms with Gasteiger partial charge in [-0.25, -0.2) is 0 Å². The highest BCUT2D eigenvalue weighted by atomic mass is 16.5. The van der Waals surface area contributed by atoms with Gasteiger partial charge in [0.05, 0.1) is 26.0 Å². The molecule has 0 spiro atoms. The molecular formula is C14H15N3O3. The van der Waals surface area contributed by atoms with Crippen molar-refractivity contribution in [1.82, 2.24) is 4.98 Å². The second-order valence-electron chi connectivity index (χ2n) is 3.94. The Morgan fingerprint density at radius 1 is 1.10 bits per heavy atom. The van der Waals surface area contributed by atoms with E-state index in [9.17, 15) is 0 Å². The number of methoxy groups -OCH3 is 2. The zero-order valence-electron chi connectivity index (χ0n) is 11.2. The first-order valence-electron chi connectivity index (χ1n) is 5.83. The molecule has 20 heavy (non-hydrogen) atoms. The number of nitrogen functional groups attached to an aromatic ring is 1. The highest BCUT2D eigenvalue weighted by Gasteiger charge is 2.09. The van der Waals surface area contributed by atoms with Crippen LogP contribution in [0.3, 0.4) is 0 Å². The van der Waals surface area contributed by atoms with E-state index in [1.807, 2.05) is 0 Å². The Morgan fingerprint density at radius 2 is 1.70 bits per heavy atom. The van der Waals surface area contributed by atoms with Crippen molar-refractivity contribution in [2.45, 2.75) is 0 Å². The lowest BCUT2D eigenvalue weighted by Gasteiger charge is -2.12. The number of nitrogens with one attached hydrogen (secondary N) is 1. The average molecular weight is 273 g/mol. The normalized spacial score (nSPS) is 9.90. The molecule has 6 nitrogen and oxygen atoms in total. The summed E-state index contributed by atoms with van der Waals surface area (Å²) < 4.78 is 16.1. The summed E-state index contributed by atoms with van der Waals surface area (Å²) in [6, 6.07) is 6.77. The molecule has 1 aromatic heterocycles. The highest BCUT2D eigenvalue weighted by Crippen LogP contribution is 2.31. The SMILES string of the molecule is COc1cc(OC)cc(Oc2cnccc2C(=N)N)c1. The van der Waals surface area contributed by atoms with Gasteiger partial charge in [0, 0.05) is 24.4 Å². The Bertz CT molecular complexity index is 607.